The van der Waals surface area contributed by atoms with Gasteiger partial charge in [-0.3, -0.25) is 20.4 Å². The highest BCUT2D eigenvalue weighted by Crippen LogP contribution is 2.41. The minimum Gasteiger partial charge on any atom is -0.489 e. The van der Waals surface area contributed by atoms with E-state index in [0.717, 1.165) is 0 Å². The number of amides is 2. The quantitative estimate of drug-likeness (QED) is 0.0317. The van der Waals surface area contributed by atoms with Crippen LogP contribution >= 0.6 is 0 Å². The molecule has 0 aromatic heterocycles. The van der Waals surface area contributed by atoms with Crippen molar-refractivity contribution in [2.45, 2.75) is 54.8 Å². The van der Waals surface area contributed by atoms with Gasteiger partial charge in [0.2, 0.25) is 11.5 Å². The summed E-state index contributed by atoms with van der Waals surface area (Å²) >= 11 is 0. The van der Waals surface area contributed by atoms with E-state index in [1.807, 2.05) is 41.5 Å². The molecular formula is C76H120N2O28. The van der Waals surface area contributed by atoms with Gasteiger partial charge in [0.15, 0.2) is 23.0 Å². The Morgan fingerprint density at radius 2 is 0.453 bits per heavy atom. The third-order valence-corrected chi connectivity index (χ3v) is 14.0. The van der Waals surface area contributed by atoms with Gasteiger partial charge in [0.25, 0.3) is 11.8 Å². The second kappa shape index (κ2) is 65.6. The molecule has 4 aromatic rings. The van der Waals surface area contributed by atoms with Crippen molar-refractivity contribution in [3.8, 4) is 46.0 Å². The van der Waals surface area contributed by atoms with Crippen LogP contribution in [0.5, 0.6) is 46.0 Å². The second-order valence-corrected chi connectivity index (χ2v) is 22.0. The molecule has 0 aliphatic rings. The van der Waals surface area contributed by atoms with Crippen molar-refractivity contribution in [2.24, 2.45) is 0 Å². The molecule has 0 unspecified atom stereocenters. The first-order valence-electron chi connectivity index (χ1n) is 36.9. The molecular weight excluding hydrogens is 1390 g/mol. The number of benzene rings is 4. The van der Waals surface area contributed by atoms with Gasteiger partial charge in [0.05, 0.1) is 198 Å². The highest BCUT2D eigenvalue weighted by Gasteiger charge is 2.21. The fourth-order valence-electron chi connectivity index (χ4n) is 8.94. The minimum absolute atomic E-state index is 0.0757. The molecule has 106 heavy (non-hydrogen) atoms. The van der Waals surface area contributed by atoms with Crippen molar-refractivity contribution in [3.05, 3.63) is 95.1 Å². The predicted octanol–water partition coefficient (Wildman–Crippen LogP) is 7.61. The summed E-state index contributed by atoms with van der Waals surface area (Å²) in [5, 5.41) is 0. The zero-order valence-corrected chi connectivity index (χ0v) is 63.5. The topological polar surface area (TPSA) is 298 Å². The fraction of sp³-hybridized carbons (Fsp3) is 0.658. The molecule has 30 heteroatoms. The summed E-state index contributed by atoms with van der Waals surface area (Å²) in [4.78, 5) is 27.4. The van der Waals surface area contributed by atoms with Crippen LogP contribution in [0.25, 0.3) is 0 Å². The van der Waals surface area contributed by atoms with Gasteiger partial charge >= 0.3 is 0 Å². The molecule has 30 nitrogen and oxygen atoms in total. The number of rotatable bonds is 74. The monoisotopic (exact) mass is 1510 g/mol. The zero-order valence-electron chi connectivity index (χ0n) is 63.5. The Morgan fingerprint density at radius 1 is 0.236 bits per heavy atom. The molecule has 2 amide bonds. The van der Waals surface area contributed by atoms with E-state index in [1.165, 1.54) is 12.1 Å². The molecule has 0 fully saturated rings. The summed E-state index contributed by atoms with van der Waals surface area (Å²) in [6, 6.07) is 20.2. The predicted molar refractivity (Wildman–Crippen MR) is 391 cm³/mol. The van der Waals surface area contributed by atoms with Gasteiger partial charge in [0.1, 0.15) is 64.4 Å². The summed E-state index contributed by atoms with van der Waals surface area (Å²) in [6.45, 7) is 27.0. The summed E-state index contributed by atoms with van der Waals surface area (Å²) in [5.41, 5.74) is 6.61. The van der Waals surface area contributed by atoms with Crippen LogP contribution in [0.3, 0.4) is 0 Å². The average molecular weight is 1510 g/mol. The first-order chi connectivity index (χ1) is 52.3. The third kappa shape index (κ3) is 46.0. The number of nitrogens with one attached hydrogen (secondary N) is 2. The standard InChI is InChI=1S/C76H120N2O28/c1-7-81-18-24-87-30-36-93-42-48-99-69-54-63(55-70(100-49-43-94-37-31-88-25-19-82-8-2)73(69)103-52-46-97-40-34-91-28-22-85-11-5)61-105-67-58-66(76(80)78-77-75(79)65-16-14-13-15-17-65)59-68(60-67)106-62-64-56-71(101-50-44-95-38-32-89-26-20-83-9-3)74(104-53-47-98-41-35-92-29-23-86-12-6)72(57-64)102-51-45-96-39-33-90-27-21-84-10-4/h13-17,54-60H,7-12,18-53,61-62H2,1-6H3,(H,77,79)(H,78,80). The van der Waals surface area contributed by atoms with E-state index in [1.54, 1.807) is 60.7 Å². The Morgan fingerprint density at radius 3 is 0.698 bits per heavy atom. The number of carbonyl (C=O) groups excluding carboxylic acids is 2. The van der Waals surface area contributed by atoms with Crippen LogP contribution in [-0.2, 0) is 98.5 Å². The van der Waals surface area contributed by atoms with Crippen molar-refractivity contribution in [1.82, 2.24) is 10.9 Å². The van der Waals surface area contributed by atoms with Crippen LogP contribution in [0.15, 0.2) is 72.8 Å². The maximum atomic E-state index is 14.2. The van der Waals surface area contributed by atoms with Gasteiger partial charge in [-0.25, -0.2) is 0 Å². The molecule has 0 saturated heterocycles. The average Bonchev–Trinajstić information content (AvgIpc) is 0.813. The van der Waals surface area contributed by atoms with Crippen LogP contribution in [-0.4, -0.2) is 289 Å². The molecule has 2 N–H and O–H groups in total. The van der Waals surface area contributed by atoms with Crippen molar-refractivity contribution < 1.29 is 133 Å². The lowest BCUT2D eigenvalue weighted by atomic mass is 10.1. The molecule has 602 valence electrons. The number of carbonyl (C=O) groups is 2. The molecule has 0 bridgehead atoms. The van der Waals surface area contributed by atoms with Crippen molar-refractivity contribution in [1.29, 1.82) is 0 Å². The largest absolute Gasteiger partial charge is 0.489 e. The summed E-state index contributed by atoms with van der Waals surface area (Å²) in [7, 11) is 0. The van der Waals surface area contributed by atoms with E-state index in [0.29, 0.717) is 249 Å². The Labute approximate surface area is 626 Å². The van der Waals surface area contributed by atoms with Crippen LogP contribution in [0.2, 0.25) is 0 Å². The van der Waals surface area contributed by atoms with Crippen molar-refractivity contribution >= 4 is 11.8 Å². The Kier molecular flexibility index (Phi) is 56.8. The van der Waals surface area contributed by atoms with Gasteiger partial charge in [-0.1, -0.05) is 18.2 Å². The lowest BCUT2D eigenvalue weighted by molar-refractivity contribution is 0.00863. The summed E-state index contributed by atoms with van der Waals surface area (Å²) in [6.07, 6.45) is 0. The lowest BCUT2D eigenvalue weighted by Crippen LogP contribution is -2.41. The first-order valence-corrected chi connectivity index (χ1v) is 36.9. The number of hydrogen-bond acceptors (Lipinski definition) is 28. The molecule has 0 heterocycles. The molecule has 0 aliphatic carbocycles. The minimum atomic E-state index is -0.673. The smallest absolute Gasteiger partial charge is 0.269 e. The maximum absolute atomic E-state index is 14.2. The Bertz CT molecular complexity index is 2520. The van der Waals surface area contributed by atoms with E-state index in [2.05, 4.69) is 10.9 Å². The number of hydrazine groups is 1. The number of hydrogen-bond donors (Lipinski definition) is 2. The molecule has 0 saturated carbocycles. The molecule has 4 rings (SSSR count). The van der Waals surface area contributed by atoms with E-state index >= 15 is 0 Å². The van der Waals surface area contributed by atoms with Crippen molar-refractivity contribution in [3.63, 3.8) is 0 Å². The van der Waals surface area contributed by atoms with Gasteiger partial charge in [-0.15, -0.1) is 0 Å². The van der Waals surface area contributed by atoms with E-state index in [9.17, 15) is 9.59 Å². The third-order valence-electron chi connectivity index (χ3n) is 14.0. The molecule has 0 aliphatic heterocycles. The van der Waals surface area contributed by atoms with E-state index < -0.39 is 11.8 Å². The molecule has 0 atom stereocenters. The van der Waals surface area contributed by atoms with E-state index in [-0.39, 0.29) is 110 Å². The van der Waals surface area contributed by atoms with Gasteiger partial charge in [-0.2, -0.15) is 0 Å². The fourth-order valence-corrected chi connectivity index (χ4v) is 8.94. The van der Waals surface area contributed by atoms with Crippen LogP contribution in [0.4, 0.5) is 0 Å². The van der Waals surface area contributed by atoms with Crippen molar-refractivity contribution in [2.75, 3.05) is 277 Å². The first kappa shape index (κ1) is 91.9. The SMILES string of the molecule is CCOCCOCCOCCOc1cc(COc2cc(OCc3cc(OCCOCCOCCOCC)c(OCCOCCOCCOCC)c(OCCOCCOCCOCC)c3)cc(C(=O)NNC(=O)c3ccccc3)c2)cc(OCCOCCOCCOCC)c1OCCOCCOCCOCC. The van der Waals surface area contributed by atoms with E-state index in [4.69, 9.17) is 123 Å². The maximum Gasteiger partial charge on any atom is 0.269 e. The molecule has 0 radical (unpaired) electrons. The second-order valence-electron chi connectivity index (χ2n) is 22.0. The normalized spacial score (nSPS) is 11.3. The highest BCUT2D eigenvalue weighted by molar-refractivity contribution is 5.99. The Balaban J connectivity index is 1.70. The van der Waals surface area contributed by atoms with Crippen LogP contribution in [0, 0.1) is 0 Å². The van der Waals surface area contributed by atoms with Gasteiger partial charge in [0, 0.05) is 56.8 Å². The molecule has 0 spiro atoms. The van der Waals surface area contributed by atoms with Crippen LogP contribution < -0.4 is 48.7 Å². The summed E-state index contributed by atoms with van der Waals surface area (Å²) in [5.74, 6) is 1.13. The van der Waals surface area contributed by atoms with Gasteiger partial charge < -0.3 is 123 Å². The van der Waals surface area contributed by atoms with Gasteiger partial charge in [-0.05, 0) is 101 Å². The lowest BCUT2D eigenvalue weighted by Gasteiger charge is -2.20. The number of ether oxygens (including phenoxy) is 26. The highest BCUT2D eigenvalue weighted by atomic mass is 16.6. The summed E-state index contributed by atoms with van der Waals surface area (Å²) < 4.78 is 153. The zero-order chi connectivity index (χ0) is 75.5. The Hall–Kier alpha value is -6.50. The van der Waals surface area contributed by atoms with Crippen LogP contribution in [0.1, 0.15) is 73.4 Å². The molecule has 4 aromatic carbocycles.